The van der Waals surface area contributed by atoms with Gasteiger partial charge in [-0.25, -0.2) is 0 Å². The highest BCUT2D eigenvalue weighted by Gasteiger charge is 2.36. The third-order valence-corrected chi connectivity index (χ3v) is 3.98. The lowest BCUT2D eigenvalue weighted by atomic mass is 10.2. The van der Waals surface area contributed by atoms with Crippen molar-refractivity contribution in [1.29, 1.82) is 0 Å². The smallest absolute Gasteiger partial charge is 0.251 e. The second-order valence-corrected chi connectivity index (χ2v) is 5.65. The van der Waals surface area contributed by atoms with E-state index in [0.29, 0.717) is 13.0 Å². The summed E-state index contributed by atoms with van der Waals surface area (Å²) >= 11 is 0. The number of ether oxygens (including phenoxy) is 4. The van der Waals surface area contributed by atoms with Crippen molar-refractivity contribution in [2.45, 2.75) is 32.3 Å². The van der Waals surface area contributed by atoms with E-state index in [-0.39, 0.29) is 6.23 Å². The molecule has 2 aliphatic heterocycles. The van der Waals surface area contributed by atoms with Crippen LogP contribution < -0.4 is 9.47 Å². The minimum atomic E-state index is -0.631. The molecule has 0 aromatic heterocycles. The van der Waals surface area contributed by atoms with Crippen LogP contribution in [0.3, 0.4) is 0 Å². The number of nitrogens with zero attached hydrogens (tertiary/aromatic N) is 1. The molecule has 1 aromatic carbocycles. The zero-order chi connectivity index (χ0) is 14.7. The van der Waals surface area contributed by atoms with Crippen molar-refractivity contribution in [3.63, 3.8) is 0 Å². The Balaban J connectivity index is 1.45. The molecule has 1 fully saturated rings. The van der Waals surface area contributed by atoms with E-state index in [1.165, 1.54) is 0 Å². The third kappa shape index (κ3) is 3.48. The van der Waals surface area contributed by atoms with Crippen molar-refractivity contribution in [2.75, 3.05) is 32.9 Å². The molecule has 3 rings (SSSR count). The average molecular weight is 293 g/mol. The summed E-state index contributed by atoms with van der Waals surface area (Å²) in [5.41, 5.74) is 0. The number of benzene rings is 1. The monoisotopic (exact) mass is 293 g/mol. The Morgan fingerprint density at radius 2 is 1.81 bits per heavy atom. The van der Waals surface area contributed by atoms with Crippen LogP contribution in [0.15, 0.2) is 24.3 Å². The quantitative estimate of drug-likeness (QED) is 0.833. The van der Waals surface area contributed by atoms with Crippen LogP contribution in [0.2, 0.25) is 0 Å². The largest absolute Gasteiger partial charge is 0.449 e. The molecule has 116 valence electrons. The molecular weight excluding hydrogens is 270 g/mol. The Morgan fingerprint density at radius 1 is 1.19 bits per heavy atom. The van der Waals surface area contributed by atoms with Gasteiger partial charge < -0.3 is 18.9 Å². The maximum atomic E-state index is 5.92. The highest BCUT2D eigenvalue weighted by atomic mass is 16.7. The molecule has 1 aromatic rings. The van der Waals surface area contributed by atoms with Gasteiger partial charge in [0, 0.05) is 26.4 Å². The first-order valence-electron chi connectivity index (χ1n) is 7.57. The molecular formula is C16H23NO4. The standard InChI is InChI=1S/C16H23NO4/c1-13(17-8-11-18-12-9-17)19-10-7-16(2)20-14-5-3-4-6-15(14)21-16/h3-6,13H,7-12H2,1-2H3. The SMILES string of the molecule is CC(OCCC1(C)Oc2ccccc2O1)N1CCOCC1. The first-order chi connectivity index (χ1) is 10.2. The van der Waals surface area contributed by atoms with Gasteiger partial charge in [0.25, 0.3) is 5.79 Å². The molecule has 5 heteroatoms. The molecule has 2 heterocycles. The summed E-state index contributed by atoms with van der Waals surface area (Å²) in [6.45, 7) is 8.06. The van der Waals surface area contributed by atoms with Gasteiger partial charge in [-0.05, 0) is 19.1 Å². The first-order valence-corrected chi connectivity index (χ1v) is 7.57. The summed E-state index contributed by atoms with van der Waals surface area (Å²) in [6.07, 6.45) is 0.789. The highest BCUT2D eigenvalue weighted by molar-refractivity contribution is 5.42. The lowest BCUT2D eigenvalue weighted by Crippen LogP contribution is -2.44. The van der Waals surface area contributed by atoms with Crippen LogP contribution in [0.5, 0.6) is 11.5 Å². The third-order valence-electron chi connectivity index (χ3n) is 3.98. The zero-order valence-corrected chi connectivity index (χ0v) is 12.7. The summed E-state index contributed by atoms with van der Waals surface area (Å²) in [6, 6.07) is 7.76. The molecule has 0 amide bonds. The summed E-state index contributed by atoms with van der Waals surface area (Å²) in [5, 5.41) is 0. The number of morpholine rings is 1. The van der Waals surface area contributed by atoms with E-state index in [2.05, 4.69) is 11.8 Å². The minimum absolute atomic E-state index is 0.0984. The molecule has 1 unspecified atom stereocenters. The van der Waals surface area contributed by atoms with Crippen molar-refractivity contribution in [3.05, 3.63) is 24.3 Å². The van der Waals surface area contributed by atoms with E-state index >= 15 is 0 Å². The summed E-state index contributed by atoms with van der Waals surface area (Å²) in [5.74, 6) is 0.983. The summed E-state index contributed by atoms with van der Waals surface area (Å²) < 4.78 is 23.0. The predicted octanol–water partition coefficient (Wildman–Crippen LogP) is 2.26. The Labute approximate surface area is 125 Å². The van der Waals surface area contributed by atoms with Gasteiger partial charge in [0.15, 0.2) is 11.5 Å². The number of hydrogen-bond acceptors (Lipinski definition) is 5. The Hall–Kier alpha value is -1.30. The zero-order valence-electron chi connectivity index (χ0n) is 12.7. The van der Waals surface area contributed by atoms with Gasteiger partial charge in [-0.1, -0.05) is 12.1 Å². The molecule has 21 heavy (non-hydrogen) atoms. The van der Waals surface area contributed by atoms with E-state index < -0.39 is 5.79 Å². The van der Waals surface area contributed by atoms with Gasteiger partial charge in [0.1, 0.15) is 6.23 Å². The number of rotatable bonds is 5. The number of hydrogen-bond donors (Lipinski definition) is 0. The van der Waals surface area contributed by atoms with Gasteiger partial charge in [-0.15, -0.1) is 0 Å². The van der Waals surface area contributed by atoms with Crippen molar-refractivity contribution in [3.8, 4) is 11.5 Å². The Morgan fingerprint density at radius 3 is 2.43 bits per heavy atom. The lowest BCUT2D eigenvalue weighted by molar-refractivity contribution is -0.121. The van der Waals surface area contributed by atoms with Gasteiger partial charge >= 0.3 is 0 Å². The molecule has 5 nitrogen and oxygen atoms in total. The van der Waals surface area contributed by atoms with Crippen molar-refractivity contribution in [1.82, 2.24) is 4.90 Å². The van der Waals surface area contributed by atoms with Crippen molar-refractivity contribution < 1.29 is 18.9 Å². The van der Waals surface area contributed by atoms with Crippen LogP contribution in [0.25, 0.3) is 0 Å². The normalized spacial score (nSPS) is 22.2. The van der Waals surface area contributed by atoms with E-state index in [4.69, 9.17) is 18.9 Å². The molecule has 2 aliphatic rings. The first kappa shape index (κ1) is 14.6. The number of fused-ring (bicyclic) bond motifs is 1. The van der Waals surface area contributed by atoms with E-state index in [1.54, 1.807) is 0 Å². The fourth-order valence-electron chi connectivity index (χ4n) is 2.67. The van der Waals surface area contributed by atoms with E-state index in [0.717, 1.165) is 37.8 Å². The maximum Gasteiger partial charge on any atom is 0.251 e. The molecule has 0 bridgehead atoms. The van der Waals surface area contributed by atoms with Crippen molar-refractivity contribution in [2.24, 2.45) is 0 Å². The second kappa shape index (κ2) is 6.22. The summed E-state index contributed by atoms with van der Waals surface area (Å²) in [7, 11) is 0. The van der Waals surface area contributed by atoms with Gasteiger partial charge in [0.05, 0.1) is 19.8 Å². The van der Waals surface area contributed by atoms with Crippen LogP contribution in [0.4, 0.5) is 0 Å². The average Bonchev–Trinajstić information content (AvgIpc) is 2.84. The van der Waals surface area contributed by atoms with Gasteiger partial charge in [-0.3, -0.25) is 4.90 Å². The van der Waals surface area contributed by atoms with Crippen molar-refractivity contribution >= 4 is 0 Å². The highest BCUT2D eigenvalue weighted by Crippen LogP contribution is 2.40. The maximum absolute atomic E-state index is 5.92. The van der Waals surface area contributed by atoms with E-state index in [9.17, 15) is 0 Å². The molecule has 0 saturated carbocycles. The minimum Gasteiger partial charge on any atom is -0.449 e. The number of para-hydroxylation sites is 2. The van der Waals surface area contributed by atoms with Crippen LogP contribution in [0.1, 0.15) is 20.3 Å². The fourth-order valence-corrected chi connectivity index (χ4v) is 2.67. The van der Waals surface area contributed by atoms with Crippen LogP contribution >= 0.6 is 0 Å². The molecule has 0 aliphatic carbocycles. The van der Waals surface area contributed by atoms with Gasteiger partial charge in [-0.2, -0.15) is 0 Å². The topological polar surface area (TPSA) is 40.2 Å². The second-order valence-electron chi connectivity index (χ2n) is 5.65. The van der Waals surface area contributed by atoms with E-state index in [1.807, 2.05) is 31.2 Å². The lowest BCUT2D eigenvalue weighted by Gasteiger charge is -2.32. The predicted molar refractivity (Wildman–Crippen MR) is 78.5 cm³/mol. The molecule has 1 saturated heterocycles. The molecule has 0 N–H and O–H groups in total. The Bertz CT molecular complexity index is 448. The van der Waals surface area contributed by atoms with Crippen LogP contribution in [-0.4, -0.2) is 49.8 Å². The molecule has 0 spiro atoms. The Kier molecular flexibility index (Phi) is 4.33. The molecule has 0 radical (unpaired) electrons. The van der Waals surface area contributed by atoms with Crippen LogP contribution in [0, 0.1) is 0 Å². The fraction of sp³-hybridized carbons (Fsp3) is 0.625. The van der Waals surface area contributed by atoms with Crippen LogP contribution in [-0.2, 0) is 9.47 Å². The summed E-state index contributed by atoms with van der Waals surface area (Å²) in [4.78, 5) is 2.29. The molecule has 1 atom stereocenters. The van der Waals surface area contributed by atoms with Gasteiger partial charge in [0.2, 0.25) is 0 Å².